The van der Waals surface area contributed by atoms with E-state index in [0.29, 0.717) is 18.7 Å². The van der Waals surface area contributed by atoms with Gasteiger partial charge in [-0.25, -0.2) is 0 Å². The number of benzene rings is 1. The number of hydrogen-bond donors (Lipinski definition) is 2. The smallest absolute Gasteiger partial charge is 0.251 e. The van der Waals surface area contributed by atoms with E-state index < -0.39 is 0 Å². The summed E-state index contributed by atoms with van der Waals surface area (Å²) in [5.74, 6) is 0.338. The van der Waals surface area contributed by atoms with E-state index in [1.54, 1.807) is 0 Å². The summed E-state index contributed by atoms with van der Waals surface area (Å²) in [5.41, 5.74) is 1.69. The maximum atomic E-state index is 11.9. The van der Waals surface area contributed by atoms with Crippen LogP contribution in [-0.2, 0) is 11.3 Å². The zero-order chi connectivity index (χ0) is 15.1. The summed E-state index contributed by atoms with van der Waals surface area (Å²) in [4.78, 5) is 23.6. The highest BCUT2D eigenvalue weighted by Crippen LogP contribution is 2.26. The van der Waals surface area contributed by atoms with Crippen LogP contribution in [0.5, 0.6) is 0 Å². The lowest BCUT2D eigenvalue weighted by molar-refractivity contribution is -0.127. The molecule has 0 atom stereocenters. The Balaban J connectivity index is 1.78. The molecule has 21 heavy (non-hydrogen) atoms. The van der Waals surface area contributed by atoms with Crippen molar-refractivity contribution < 1.29 is 9.59 Å². The lowest BCUT2D eigenvalue weighted by atomic mass is 9.85. The van der Waals surface area contributed by atoms with Crippen molar-refractivity contribution in [2.45, 2.75) is 45.6 Å². The lowest BCUT2D eigenvalue weighted by Crippen LogP contribution is -2.33. The molecule has 2 N–H and O–H groups in total. The van der Waals surface area contributed by atoms with Gasteiger partial charge in [-0.05, 0) is 37.0 Å². The summed E-state index contributed by atoms with van der Waals surface area (Å²) in [5, 5.41) is 5.84. The van der Waals surface area contributed by atoms with Gasteiger partial charge >= 0.3 is 0 Å². The molecule has 1 aromatic rings. The molecule has 0 aliphatic heterocycles. The number of unbranched alkanes of at least 4 members (excludes halogenated alkanes) is 1. The largest absolute Gasteiger partial charge is 0.352 e. The highest BCUT2D eigenvalue weighted by atomic mass is 16.2. The van der Waals surface area contributed by atoms with Crippen LogP contribution in [0.15, 0.2) is 24.3 Å². The van der Waals surface area contributed by atoms with Crippen LogP contribution in [0, 0.1) is 5.92 Å². The van der Waals surface area contributed by atoms with Crippen molar-refractivity contribution in [1.29, 1.82) is 0 Å². The second-order valence-electron chi connectivity index (χ2n) is 5.65. The van der Waals surface area contributed by atoms with E-state index in [-0.39, 0.29) is 17.7 Å². The molecule has 4 nitrogen and oxygen atoms in total. The van der Waals surface area contributed by atoms with Crippen LogP contribution in [0.4, 0.5) is 0 Å². The van der Waals surface area contributed by atoms with Crippen molar-refractivity contribution in [3.05, 3.63) is 35.4 Å². The minimum absolute atomic E-state index is 0.0338. The molecule has 0 spiro atoms. The number of nitrogens with one attached hydrogen (secondary N) is 2. The fourth-order valence-electron chi connectivity index (χ4n) is 2.26. The van der Waals surface area contributed by atoms with Crippen LogP contribution in [0.2, 0.25) is 0 Å². The Morgan fingerprint density at radius 2 is 1.86 bits per heavy atom. The fourth-order valence-corrected chi connectivity index (χ4v) is 2.26. The molecule has 0 bridgehead atoms. The highest BCUT2D eigenvalue weighted by molar-refractivity contribution is 5.94. The average Bonchev–Trinajstić information content (AvgIpc) is 2.44. The van der Waals surface area contributed by atoms with E-state index in [1.807, 2.05) is 24.3 Å². The van der Waals surface area contributed by atoms with Crippen molar-refractivity contribution in [3.63, 3.8) is 0 Å². The molecule has 0 aromatic heterocycles. The lowest BCUT2D eigenvalue weighted by Gasteiger charge is -2.24. The summed E-state index contributed by atoms with van der Waals surface area (Å²) in [6, 6.07) is 7.42. The Bertz CT molecular complexity index is 478. The molecular weight excluding hydrogens is 264 g/mol. The van der Waals surface area contributed by atoms with Gasteiger partial charge in [0.25, 0.3) is 5.91 Å². The summed E-state index contributed by atoms with van der Waals surface area (Å²) < 4.78 is 0. The molecule has 0 saturated heterocycles. The number of carbonyl (C=O) groups excluding carboxylic acids is 2. The first-order valence-electron chi connectivity index (χ1n) is 7.85. The molecule has 0 unspecified atom stereocenters. The minimum Gasteiger partial charge on any atom is -0.352 e. The van der Waals surface area contributed by atoms with Crippen LogP contribution in [0.3, 0.4) is 0 Å². The molecule has 0 radical (unpaired) electrons. The maximum Gasteiger partial charge on any atom is 0.251 e. The summed E-state index contributed by atoms with van der Waals surface area (Å²) >= 11 is 0. The Morgan fingerprint density at radius 3 is 2.43 bits per heavy atom. The first kappa shape index (κ1) is 15.5. The van der Waals surface area contributed by atoms with Crippen LogP contribution in [0.25, 0.3) is 0 Å². The Kier molecular flexibility index (Phi) is 5.78. The number of rotatable bonds is 7. The quantitative estimate of drug-likeness (QED) is 0.758. The molecule has 1 aromatic carbocycles. The molecule has 2 rings (SSSR count). The molecule has 0 heterocycles. The predicted octanol–water partition coefficient (Wildman–Crippen LogP) is 2.63. The fraction of sp³-hybridized carbons (Fsp3) is 0.529. The topological polar surface area (TPSA) is 58.2 Å². The highest BCUT2D eigenvalue weighted by Gasteiger charge is 2.24. The van der Waals surface area contributed by atoms with Gasteiger partial charge < -0.3 is 10.6 Å². The first-order valence-corrected chi connectivity index (χ1v) is 7.85. The number of carbonyl (C=O) groups is 2. The molecule has 114 valence electrons. The summed E-state index contributed by atoms with van der Waals surface area (Å²) in [7, 11) is 0. The van der Waals surface area contributed by atoms with Crippen molar-refractivity contribution in [2.24, 2.45) is 5.92 Å². The van der Waals surface area contributed by atoms with Crippen LogP contribution < -0.4 is 10.6 Å². The average molecular weight is 288 g/mol. The van der Waals surface area contributed by atoms with Crippen molar-refractivity contribution in [3.8, 4) is 0 Å². The third-order valence-corrected chi connectivity index (χ3v) is 3.97. The monoisotopic (exact) mass is 288 g/mol. The minimum atomic E-state index is -0.0338. The molecule has 1 saturated carbocycles. The van der Waals surface area contributed by atoms with Crippen LogP contribution >= 0.6 is 0 Å². The van der Waals surface area contributed by atoms with Gasteiger partial charge in [0.15, 0.2) is 0 Å². The summed E-state index contributed by atoms with van der Waals surface area (Å²) in [6.45, 7) is 3.35. The third kappa shape index (κ3) is 4.59. The van der Waals surface area contributed by atoms with Gasteiger partial charge in [0.05, 0.1) is 0 Å². The van der Waals surface area contributed by atoms with E-state index in [9.17, 15) is 9.59 Å². The molecule has 4 heteroatoms. The first-order chi connectivity index (χ1) is 10.2. The molecule has 1 aliphatic rings. The molecule has 2 amide bonds. The van der Waals surface area contributed by atoms with Crippen molar-refractivity contribution in [1.82, 2.24) is 10.6 Å². The van der Waals surface area contributed by atoms with Crippen molar-refractivity contribution >= 4 is 11.8 Å². The number of hydrogen-bond acceptors (Lipinski definition) is 2. The third-order valence-electron chi connectivity index (χ3n) is 3.97. The van der Waals surface area contributed by atoms with E-state index >= 15 is 0 Å². The van der Waals surface area contributed by atoms with Crippen LogP contribution in [0.1, 0.15) is 54.9 Å². The van der Waals surface area contributed by atoms with Gasteiger partial charge in [0.2, 0.25) is 5.91 Å². The Labute approximate surface area is 126 Å². The van der Waals surface area contributed by atoms with E-state index in [4.69, 9.17) is 0 Å². The van der Waals surface area contributed by atoms with Crippen molar-refractivity contribution in [2.75, 3.05) is 6.54 Å². The maximum absolute atomic E-state index is 11.9. The van der Waals surface area contributed by atoms with Gasteiger partial charge in [-0.1, -0.05) is 31.9 Å². The predicted molar refractivity (Wildman–Crippen MR) is 82.9 cm³/mol. The van der Waals surface area contributed by atoms with E-state index in [1.165, 1.54) is 6.42 Å². The van der Waals surface area contributed by atoms with Gasteiger partial charge in [-0.2, -0.15) is 0 Å². The van der Waals surface area contributed by atoms with Gasteiger partial charge in [-0.3, -0.25) is 9.59 Å². The van der Waals surface area contributed by atoms with E-state index in [2.05, 4.69) is 17.6 Å². The molecule has 1 aliphatic carbocycles. The zero-order valence-corrected chi connectivity index (χ0v) is 12.7. The van der Waals surface area contributed by atoms with Gasteiger partial charge in [-0.15, -0.1) is 0 Å². The Morgan fingerprint density at radius 1 is 1.14 bits per heavy atom. The SMILES string of the molecule is CCCCNC(=O)c1ccc(CNC(=O)C2CCC2)cc1. The zero-order valence-electron chi connectivity index (χ0n) is 12.7. The van der Waals surface area contributed by atoms with Gasteiger partial charge in [0.1, 0.15) is 0 Å². The molecule has 1 fully saturated rings. The number of amides is 2. The summed E-state index contributed by atoms with van der Waals surface area (Å²) in [6.07, 6.45) is 5.27. The van der Waals surface area contributed by atoms with Gasteiger partial charge in [0, 0.05) is 24.6 Å². The normalized spacial score (nSPS) is 14.3. The second kappa shape index (κ2) is 7.81. The standard InChI is InChI=1S/C17H24N2O2/c1-2-3-11-18-16(20)15-9-7-13(8-10-15)12-19-17(21)14-5-4-6-14/h7-10,14H,2-6,11-12H2,1H3,(H,18,20)(H,19,21). The van der Waals surface area contributed by atoms with E-state index in [0.717, 1.165) is 31.2 Å². The Hall–Kier alpha value is -1.84. The molecular formula is C17H24N2O2. The second-order valence-corrected chi connectivity index (χ2v) is 5.65. The van der Waals surface area contributed by atoms with Crippen LogP contribution in [-0.4, -0.2) is 18.4 Å².